The Morgan fingerprint density at radius 1 is 0.852 bits per heavy atom. The molecule has 0 saturated carbocycles. The maximum absolute atomic E-state index is 12.3. The van der Waals surface area contributed by atoms with Gasteiger partial charge in [-0.25, -0.2) is 4.79 Å². The van der Waals surface area contributed by atoms with Crippen molar-refractivity contribution in [1.29, 1.82) is 0 Å². The number of ether oxygens (including phenoxy) is 1. The summed E-state index contributed by atoms with van der Waals surface area (Å²) in [5.41, 5.74) is 6.03. The molecule has 0 bridgehead atoms. The molecule has 0 spiro atoms. The fourth-order valence-corrected chi connectivity index (χ4v) is 3.51. The molecule has 0 aromatic heterocycles. The first-order valence-corrected chi connectivity index (χ1v) is 9.69. The van der Waals surface area contributed by atoms with Crippen LogP contribution in [0.1, 0.15) is 36.7 Å². The zero-order chi connectivity index (χ0) is 19.6. The Bertz CT molecular complexity index is 966. The van der Waals surface area contributed by atoms with E-state index in [0.29, 0.717) is 5.56 Å². The summed E-state index contributed by atoms with van der Waals surface area (Å²) in [6.07, 6.45) is 0. The predicted octanol–water partition coefficient (Wildman–Crippen LogP) is 6.87. The van der Waals surface area contributed by atoms with Crippen molar-refractivity contribution in [3.8, 4) is 22.3 Å². The van der Waals surface area contributed by atoms with Gasteiger partial charge in [-0.15, -0.1) is 0 Å². The lowest BCUT2D eigenvalue weighted by molar-refractivity contribution is 0.0601. The van der Waals surface area contributed by atoms with Crippen molar-refractivity contribution in [3.63, 3.8) is 0 Å². The number of hydrogen-bond donors (Lipinski definition) is 0. The van der Waals surface area contributed by atoms with E-state index in [4.69, 9.17) is 4.74 Å². The second-order valence-corrected chi connectivity index (χ2v) is 8.47. The summed E-state index contributed by atoms with van der Waals surface area (Å²) in [6, 6.07) is 22.5. The van der Waals surface area contributed by atoms with Crippen LogP contribution in [0.4, 0.5) is 0 Å². The Morgan fingerprint density at radius 3 is 2.07 bits per heavy atom. The van der Waals surface area contributed by atoms with E-state index in [-0.39, 0.29) is 11.4 Å². The minimum absolute atomic E-state index is 0.113. The van der Waals surface area contributed by atoms with Crippen molar-refractivity contribution in [3.05, 3.63) is 82.3 Å². The molecule has 3 aromatic rings. The molecule has 27 heavy (non-hydrogen) atoms. The van der Waals surface area contributed by atoms with Crippen molar-refractivity contribution in [1.82, 2.24) is 0 Å². The van der Waals surface area contributed by atoms with Crippen LogP contribution in [0.5, 0.6) is 0 Å². The van der Waals surface area contributed by atoms with Gasteiger partial charge >= 0.3 is 5.97 Å². The number of carbonyl (C=O) groups excluding carboxylic acids is 1. The van der Waals surface area contributed by atoms with Gasteiger partial charge in [-0.05, 0) is 45.4 Å². The van der Waals surface area contributed by atoms with Crippen LogP contribution in [-0.2, 0) is 10.2 Å². The molecule has 0 fully saturated rings. The van der Waals surface area contributed by atoms with Crippen molar-refractivity contribution in [2.75, 3.05) is 7.11 Å². The summed E-state index contributed by atoms with van der Waals surface area (Å²) in [7, 11) is 1.41. The number of esters is 1. The maximum Gasteiger partial charge on any atom is 0.338 e. The predicted molar refractivity (Wildman–Crippen MR) is 115 cm³/mol. The van der Waals surface area contributed by atoms with Gasteiger partial charge in [0.25, 0.3) is 0 Å². The third-order valence-corrected chi connectivity index (χ3v) is 5.16. The zero-order valence-corrected chi connectivity index (χ0v) is 17.6. The number of hydrogen-bond acceptors (Lipinski definition) is 2. The van der Waals surface area contributed by atoms with E-state index in [2.05, 4.69) is 67.0 Å². The smallest absolute Gasteiger partial charge is 0.338 e. The maximum atomic E-state index is 12.3. The summed E-state index contributed by atoms with van der Waals surface area (Å²) in [5, 5.41) is 0. The van der Waals surface area contributed by atoms with Crippen molar-refractivity contribution in [2.45, 2.75) is 26.2 Å². The molecule has 3 rings (SSSR count). The van der Waals surface area contributed by atoms with E-state index >= 15 is 0 Å². The average molecular weight is 423 g/mol. The zero-order valence-electron chi connectivity index (χ0n) is 16.0. The SMILES string of the molecule is COC(=O)c1cc(Br)ccc1-c1ccccc1-c1ccc(C(C)(C)C)cc1. The number of halogens is 1. The lowest BCUT2D eigenvalue weighted by Gasteiger charge is -2.20. The lowest BCUT2D eigenvalue weighted by Crippen LogP contribution is -2.10. The largest absolute Gasteiger partial charge is 0.465 e. The Kier molecular flexibility index (Phi) is 5.52. The summed E-state index contributed by atoms with van der Waals surface area (Å²) in [5.74, 6) is -0.343. The lowest BCUT2D eigenvalue weighted by atomic mass is 9.85. The molecule has 0 atom stereocenters. The van der Waals surface area contributed by atoms with Crippen molar-refractivity contribution >= 4 is 21.9 Å². The first-order valence-electron chi connectivity index (χ1n) is 8.89. The number of rotatable bonds is 3. The minimum atomic E-state index is -0.343. The number of carbonyl (C=O) groups is 1. The van der Waals surface area contributed by atoms with Crippen LogP contribution in [0.15, 0.2) is 71.2 Å². The summed E-state index contributed by atoms with van der Waals surface area (Å²) in [4.78, 5) is 12.3. The second kappa shape index (κ2) is 7.69. The highest BCUT2D eigenvalue weighted by Crippen LogP contribution is 2.36. The van der Waals surface area contributed by atoms with Crippen LogP contribution in [-0.4, -0.2) is 13.1 Å². The quantitative estimate of drug-likeness (QED) is 0.430. The van der Waals surface area contributed by atoms with Crippen molar-refractivity contribution in [2.24, 2.45) is 0 Å². The van der Waals surface area contributed by atoms with Gasteiger partial charge < -0.3 is 4.74 Å². The first kappa shape index (κ1) is 19.4. The third-order valence-electron chi connectivity index (χ3n) is 4.67. The standard InChI is InChI=1S/C24H23BrO2/c1-24(2,3)17-11-9-16(10-12-17)19-7-5-6-8-20(19)21-14-13-18(25)15-22(21)23(26)27-4/h5-15H,1-4H3. The monoisotopic (exact) mass is 422 g/mol. The highest BCUT2D eigenvalue weighted by atomic mass is 79.9. The first-order chi connectivity index (χ1) is 12.8. The Labute approximate surface area is 169 Å². The number of benzene rings is 3. The van der Waals surface area contributed by atoms with Gasteiger partial charge in [-0.3, -0.25) is 0 Å². The molecule has 0 N–H and O–H groups in total. The van der Waals surface area contributed by atoms with Crippen LogP contribution in [0, 0.1) is 0 Å². The molecule has 2 nitrogen and oxygen atoms in total. The highest BCUT2D eigenvalue weighted by Gasteiger charge is 2.18. The summed E-state index contributed by atoms with van der Waals surface area (Å²) < 4.78 is 5.84. The summed E-state index contributed by atoms with van der Waals surface area (Å²) >= 11 is 3.45. The number of methoxy groups -OCH3 is 1. The van der Waals surface area contributed by atoms with Gasteiger partial charge in [-0.2, -0.15) is 0 Å². The van der Waals surface area contributed by atoms with E-state index in [1.54, 1.807) is 6.07 Å². The van der Waals surface area contributed by atoms with E-state index < -0.39 is 0 Å². The Morgan fingerprint density at radius 2 is 1.48 bits per heavy atom. The fourth-order valence-electron chi connectivity index (χ4n) is 3.15. The van der Waals surface area contributed by atoms with Gasteiger partial charge in [0.05, 0.1) is 12.7 Å². The van der Waals surface area contributed by atoms with Gasteiger partial charge in [0.2, 0.25) is 0 Å². The van der Waals surface area contributed by atoms with Crippen LogP contribution in [0.3, 0.4) is 0 Å². The molecule has 0 aliphatic carbocycles. The average Bonchev–Trinajstić information content (AvgIpc) is 2.67. The highest BCUT2D eigenvalue weighted by molar-refractivity contribution is 9.10. The van der Waals surface area contributed by atoms with E-state index in [1.807, 2.05) is 30.3 Å². The normalized spacial score (nSPS) is 11.3. The van der Waals surface area contributed by atoms with Crippen LogP contribution >= 0.6 is 15.9 Å². The molecule has 0 heterocycles. The molecule has 0 unspecified atom stereocenters. The molecular formula is C24H23BrO2. The molecule has 0 aliphatic rings. The topological polar surface area (TPSA) is 26.3 Å². The second-order valence-electron chi connectivity index (χ2n) is 7.55. The molecular weight excluding hydrogens is 400 g/mol. The van der Waals surface area contributed by atoms with Crippen LogP contribution < -0.4 is 0 Å². The summed E-state index contributed by atoms with van der Waals surface area (Å²) in [6.45, 7) is 6.63. The third kappa shape index (κ3) is 4.14. The minimum Gasteiger partial charge on any atom is -0.465 e. The van der Waals surface area contributed by atoms with Crippen LogP contribution in [0.2, 0.25) is 0 Å². The molecule has 0 aliphatic heterocycles. The molecule has 138 valence electrons. The molecule has 0 amide bonds. The molecule has 3 aromatic carbocycles. The van der Waals surface area contributed by atoms with Gasteiger partial charge in [-0.1, -0.05) is 91.3 Å². The van der Waals surface area contributed by atoms with Crippen LogP contribution in [0.25, 0.3) is 22.3 Å². The molecule has 0 radical (unpaired) electrons. The van der Waals surface area contributed by atoms with E-state index in [9.17, 15) is 4.79 Å². The van der Waals surface area contributed by atoms with Gasteiger partial charge in [0, 0.05) is 4.47 Å². The molecule has 0 saturated heterocycles. The van der Waals surface area contributed by atoms with Crippen molar-refractivity contribution < 1.29 is 9.53 Å². The Balaban J connectivity index is 2.15. The van der Waals surface area contributed by atoms with Gasteiger partial charge in [0.15, 0.2) is 0 Å². The fraction of sp³-hybridized carbons (Fsp3) is 0.208. The van der Waals surface area contributed by atoms with E-state index in [1.165, 1.54) is 12.7 Å². The van der Waals surface area contributed by atoms with Gasteiger partial charge in [0.1, 0.15) is 0 Å². The Hall–Kier alpha value is -2.39. The van der Waals surface area contributed by atoms with E-state index in [0.717, 1.165) is 26.7 Å². The molecule has 3 heteroatoms.